The molecular formula is C30H28ClFN6O2. The Hall–Kier alpha value is -3.82. The van der Waals surface area contributed by atoms with Crippen LogP contribution in [0.1, 0.15) is 18.7 Å². The summed E-state index contributed by atoms with van der Waals surface area (Å²) in [6, 6.07) is 11.3. The number of piperidine rings is 1. The lowest BCUT2D eigenvalue weighted by Crippen LogP contribution is -2.38. The molecule has 204 valence electrons. The number of aromatic nitrogens is 5. The molecule has 2 bridgehead atoms. The van der Waals surface area contributed by atoms with Crippen molar-refractivity contribution in [3.05, 3.63) is 71.7 Å². The van der Waals surface area contributed by atoms with Gasteiger partial charge in [0.1, 0.15) is 29.5 Å². The number of hydrogen-bond acceptors (Lipinski definition) is 7. The first-order valence-corrected chi connectivity index (χ1v) is 13.9. The Kier molecular flexibility index (Phi) is 6.28. The van der Waals surface area contributed by atoms with Crippen LogP contribution in [0.3, 0.4) is 0 Å². The molecule has 7 rings (SSSR count). The Morgan fingerprint density at radius 1 is 1.10 bits per heavy atom. The monoisotopic (exact) mass is 558 g/mol. The van der Waals surface area contributed by atoms with Gasteiger partial charge in [-0.05, 0) is 37.1 Å². The van der Waals surface area contributed by atoms with E-state index in [4.69, 9.17) is 21.3 Å². The van der Waals surface area contributed by atoms with Gasteiger partial charge in [0.2, 0.25) is 0 Å². The van der Waals surface area contributed by atoms with E-state index in [1.165, 1.54) is 0 Å². The third kappa shape index (κ3) is 4.33. The molecular weight excluding hydrogens is 531 g/mol. The summed E-state index contributed by atoms with van der Waals surface area (Å²) in [5.74, 6) is 1.43. The van der Waals surface area contributed by atoms with Crippen molar-refractivity contribution in [2.75, 3.05) is 24.6 Å². The fraction of sp³-hybridized carbons (Fsp3) is 0.333. The molecule has 1 N–H and O–H groups in total. The standard InChI is InChI=1S/C30H28ClFN6O2/c1-17-33-8-9-37(17)10-11-40-30-35-28-22(29(36-30)38-15-18-12-20(16-38)24(39)13-18)14-34-27(26(28)32)21-6-2-4-19-5-3-7-23(31)25(19)21/h2-9,14,18,20,24,39H,10-13,15-16H2,1H3/t18-,20-,24-/m1/s1. The topological polar surface area (TPSA) is 89.2 Å². The van der Waals surface area contributed by atoms with E-state index >= 15 is 4.39 Å². The van der Waals surface area contributed by atoms with Gasteiger partial charge in [0.05, 0.1) is 18.0 Å². The van der Waals surface area contributed by atoms with Crippen LogP contribution in [-0.2, 0) is 6.54 Å². The average molecular weight is 559 g/mol. The van der Waals surface area contributed by atoms with E-state index in [2.05, 4.69) is 19.9 Å². The summed E-state index contributed by atoms with van der Waals surface area (Å²) in [5.41, 5.74) is 0.913. The summed E-state index contributed by atoms with van der Waals surface area (Å²) in [4.78, 5) is 20.3. The summed E-state index contributed by atoms with van der Waals surface area (Å²) >= 11 is 6.56. The van der Waals surface area contributed by atoms with Gasteiger partial charge in [-0.25, -0.2) is 9.37 Å². The van der Waals surface area contributed by atoms with Crippen molar-refractivity contribution in [1.82, 2.24) is 24.5 Å². The maximum absolute atomic E-state index is 16.4. The zero-order chi connectivity index (χ0) is 27.4. The van der Waals surface area contributed by atoms with Crippen LogP contribution in [0.4, 0.5) is 10.2 Å². The highest BCUT2D eigenvalue weighted by atomic mass is 35.5. The van der Waals surface area contributed by atoms with Crippen LogP contribution in [-0.4, -0.2) is 55.4 Å². The first-order valence-electron chi connectivity index (χ1n) is 13.5. The zero-order valence-corrected chi connectivity index (χ0v) is 22.7. The highest BCUT2D eigenvalue weighted by molar-refractivity contribution is 6.36. The summed E-state index contributed by atoms with van der Waals surface area (Å²) in [6.45, 7) is 4.15. The van der Waals surface area contributed by atoms with E-state index in [9.17, 15) is 5.11 Å². The minimum Gasteiger partial charge on any atom is -0.461 e. The number of imidazole rings is 1. The number of hydrogen-bond donors (Lipinski definition) is 1. The van der Waals surface area contributed by atoms with Crippen molar-refractivity contribution in [3.63, 3.8) is 0 Å². The molecule has 4 heterocycles. The second-order valence-corrected chi connectivity index (χ2v) is 11.1. The minimum atomic E-state index is -0.552. The number of ether oxygens (including phenoxy) is 1. The van der Waals surface area contributed by atoms with Crippen molar-refractivity contribution < 1.29 is 14.2 Å². The van der Waals surface area contributed by atoms with Gasteiger partial charge in [-0.2, -0.15) is 9.97 Å². The van der Waals surface area contributed by atoms with Gasteiger partial charge in [-0.3, -0.25) is 4.98 Å². The van der Waals surface area contributed by atoms with E-state index in [-0.39, 0.29) is 29.2 Å². The molecule has 0 unspecified atom stereocenters. The summed E-state index contributed by atoms with van der Waals surface area (Å²) in [5, 5.41) is 13.2. The number of halogens is 2. The molecule has 3 aromatic heterocycles. The Morgan fingerprint density at radius 3 is 2.75 bits per heavy atom. The number of rotatable bonds is 6. The minimum absolute atomic E-state index is 0.103. The van der Waals surface area contributed by atoms with E-state index in [1.807, 2.05) is 48.0 Å². The highest BCUT2D eigenvalue weighted by Crippen LogP contribution is 2.41. The van der Waals surface area contributed by atoms with E-state index in [0.717, 1.165) is 36.0 Å². The Bertz CT molecular complexity index is 1740. The lowest BCUT2D eigenvalue weighted by Gasteiger charge is -2.33. The number of aliphatic hydroxyl groups is 1. The van der Waals surface area contributed by atoms with Gasteiger partial charge in [-0.15, -0.1) is 0 Å². The molecule has 0 radical (unpaired) electrons. The molecule has 1 saturated heterocycles. The largest absolute Gasteiger partial charge is 0.461 e. The second-order valence-electron chi connectivity index (χ2n) is 10.7. The first kappa shape index (κ1) is 25.2. The number of benzene rings is 2. The third-order valence-corrected chi connectivity index (χ3v) is 8.54. The molecule has 1 aliphatic carbocycles. The molecule has 10 heteroatoms. The van der Waals surface area contributed by atoms with Crippen molar-refractivity contribution in [2.45, 2.75) is 32.4 Å². The predicted octanol–water partition coefficient (Wildman–Crippen LogP) is 5.43. The van der Waals surface area contributed by atoms with Gasteiger partial charge in [0.25, 0.3) is 0 Å². The Morgan fingerprint density at radius 2 is 1.95 bits per heavy atom. The molecule has 2 aromatic carbocycles. The quantitative estimate of drug-likeness (QED) is 0.297. The van der Waals surface area contributed by atoms with Crippen LogP contribution in [0.15, 0.2) is 55.0 Å². The normalized spacial score (nSPS) is 20.5. The van der Waals surface area contributed by atoms with Crippen LogP contribution in [0.2, 0.25) is 5.02 Å². The maximum atomic E-state index is 16.4. The Balaban J connectivity index is 1.33. The number of aryl methyl sites for hydroxylation is 1. The number of pyridine rings is 1. The van der Waals surface area contributed by atoms with Crippen LogP contribution >= 0.6 is 11.6 Å². The van der Waals surface area contributed by atoms with Gasteiger partial charge >= 0.3 is 6.01 Å². The van der Waals surface area contributed by atoms with Crippen LogP contribution in [0, 0.1) is 24.6 Å². The molecule has 5 aromatic rings. The van der Waals surface area contributed by atoms with Crippen molar-refractivity contribution >= 4 is 39.1 Å². The molecule has 1 aliphatic heterocycles. The number of fused-ring (bicyclic) bond motifs is 4. The fourth-order valence-corrected chi connectivity index (χ4v) is 6.57. The van der Waals surface area contributed by atoms with Crippen molar-refractivity contribution in [3.8, 4) is 17.3 Å². The predicted molar refractivity (Wildman–Crippen MR) is 152 cm³/mol. The lowest BCUT2D eigenvalue weighted by molar-refractivity contribution is 0.137. The molecule has 0 amide bonds. The van der Waals surface area contributed by atoms with Crippen molar-refractivity contribution in [2.24, 2.45) is 11.8 Å². The number of aliphatic hydroxyl groups excluding tert-OH is 1. The smallest absolute Gasteiger partial charge is 0.319 e. The SMILES string of the molecule is Cc1nccn1CCOc1nc(N2C[C@@H]3C[C@H](C2)[C@H](O)C3)c2cnc(-c3cccc4cccc(Cl)c34)c(F)c2n1. The molecule has 3 atom stereocenters. The summed E-state index contributed by atoms with van der Waals surface area (Å²) < 4.78 is 24.4. The zero-order valence-electron chi connectivity index (χ0n) is 22.0. The van der Waals surface area contributed by atoms with E-state index < -0.39 is 5.82 Å². The number of anilines is 1. The first-order chi connectivity index (χ1) is 19.5. The maximum Gasteiger partial charge on any atom is 0.319 e. The molecule has 0 spiro atoms. The third-order valence-electron chi connectivity index (χ3n) is 8.23. The second kappa shape index (κ2) is 9.98. The van der Waals surface area contributed by atoms with E-state index in [1.54, 1.807) is 18.5 Å². The molecule has 40 heavy (non-hydrogen) atoms. The molecule has 1 saturated carbocycles. The number of nitrogens with zero attached hydrogens (tertiary/aromatic N) is 6. The van der Waals surface area contributed by atoms with Gasteiger partial charge < -0.3 is 19.3 Å². The van der Waals surface area contributed by atoms with Crippen LogP contribution in [0.5, 0.6) is 6.01 Å². The van der Waals surface area contributed by atoms with Crippen LogP contribution < -0.4 is 9.64 Å². The van der Waals surface area contributed by atoms with E-state index in [0.29, 0.717) is 47.4 Å². The Labute approximate surface area is 235 Å². The van der Waals surface area contributed by atoms with Gasteiger partial charge in [0.15, 0.2) is 5.82 Å². The van der Waals surface area contributed by atoms with Gasteiger partial charge in [-0.1, -0.05) is 41.9 Å². The molecule has 2 aliphatic rings. The molecule has 2 fully saturated rings. The summed E-state index contributed by atoms with van der Waals surface area (Å²) in [6.07, 6.45) is 6.71. The average Bonchev–Trinajstić information content (AvgIpc) is 3.48. The summed E-state index contributed by atoms with van der Waals surface area (Å²) in [7, 11) is 0. The lowest BCUT2D eigenvalue weighted by atomic mass is 9.98. The van der Waals surface area contributed by atoms with Gasteiger partial charge in [0, 0.05) is 53.6 Å². The fourth-order valence-electron chi connectivity index (χ4n) is 6.29. The van der Waals surface area contributed by atoms with Crippen molar-refractivity contribution in [1.29, 1.82) is 0 Å². The molecule has 8 nitrogen and oxygen atoms in total. The highest BCUT2D eigenvalue weighted by Gasteiger charge is 2.40. The van der Waals surface area contributed by atoms with Crippen LogP contribution in [0.25, 0.3) is 32.9 Å².